The Balaban J connectivity index is 0.00000280. The maximum atomic E-state index is 12.6. The summed E-state index contributed by atoms with van der Waals surface area (Å²) in [5, 5.41) is 1.07. The molecule has 1 aromatic heterocycles. The number of aromatic nitrogens is 1. The lowest BCUT2D eigenvalue weighted by atomic mass is 10.0. The number of Topliss-reactive ketones (excluding diaryl/α,β-unsaturated/α-hetero) is 1. The standard InChI is InChI=1S/C24H30N2O.ClH/c1-3-26(18-20-12-6-4-7-13-20)17-11-5-8-16-24(27)22-19-25(2)23-15-10-9-14-21(22)23;/h4,6-7,9-10,12-15,19H,3,5,8,11,16-18H2,1-2H3;1H. The van der Waals surface area contributed by atoms with Crippen molar-refractivity contribution in [3.8, 4) is 0 Å². The molecule has 2 aromatic carbocycles. The molecule has 0 aliphatic carbocycles. The summed E-state index contributed by atoms with van der Waals surface area (Å²) in [7, 11) is 2.01. The van der Waals surface area contributed by atoms with Crippen molar-refractivity contribution in [1.82, 2.24) is 9.47 Å². The predicted molar refractivity (Wildman–Crippen MR) is 120 cm³/mol. The van der Waals surface area contributed by atoms with Gasteiger partial charge in [0.1, 0.15) is 0 Å². The van der Waals surface area contributed by atoms with Crippen LogP contribution in [-0.4, -0.2) is 28.3 Å². The fourth-order valence-corrected chi connectivity index (χ4v) is 3.69. The Bertz CT molecular complexity index is 873. The first-order chi connectivity index (χ1) is 13.2. The summed E-state index contributed by atoms with van der Waals surface area (Å²) in [6.45, 7) is 5.37. The Kier molecular flexibility index (Phi) is 8.75. The Hall–Kier alpha value is -2.10. The van der Waals surface area contributed by atoms with Crippen LogP contribution in [0.25, 0.3) is 10.9 Å². The van der Waals surface area contributed by atoms with Gasteiger partial charge in [0.05, 0.1) is 0 Å². The number of hydrogen-bond donors (Lipinski definition) is 0. The molecule has 0 spiro atoms. The highest BCUT2D eigenvalue weighted by Gasteiger charge is 2.13. The lowest BCUT2D eigenvalue weighted by molar-refractivity contribution is 0.0980. The van der Waals surface area contributed by atoms with Crippen molar-refractivity contribution in [2.24, 2.45) is 7.05 Å². The maximum Gasteiger partial charge on any atom is 0.165 e. The molecule has 0 atom stereocenters. The van der Waals surface area contributed by atoms with E-state index < -0.39 is 0 Å². The number of rotatable bonds is 10. The van der Waals surface area contributed by atoms with Crippen LogP contribution in [0.4, 0.5) is 0 Å². The highest BCUT2D eigenvalue weighted by molar-refractivity contribution is 6.08. The third kappa shape index (κ3) is 5.70. The van der Waals surface area contributed by atoms with Crippen molar-refractivity contribution in [3.63, 3.8) is 0 Å². The summed E-state index contributed by atoms with van der Waals surface area (Å²) in [5.74, 6) is 0.267. The Morgan fingerprint density at radius 3 is 2.43 bits per heavy atom. The molecular weight excluding hydrogens is 368 g/mol. The van der Waals surface area contributed by atoms with E-state index in [1.807, 2.05) is 36.0 Å². The Labute approximate surface area is 174 Å². The molecule has 0 fully saturated rings. The van der Waals surface area contributed by atoms with Gasteiger partial charge in [-0.15, -0.1) is 12.4 Å². The molecule has 0 aliphatic heterocycles. The van der Waals surface area contributed by atoms with Crippen LogP contribution in [0.5, 0.6) is 0 Å². The van der Waals surface area contributed by atoms with Crippen molar-refractivity contribution >= 4 is 29.1 Å². The van der Waals surface area contributed by atoms with Crippen molar-refractivity contribution in [2.75, 3.05) is 13.1 Å². The van der Waals surface area contributed by atoms with E-state index in [1.165, 1.54) is 5.56 Å². The monoisotopic (exact) mass is 398 g/mol. The fraction of sp³-hybridized carbons (Fsp3) is 0.375. The van der Waals surface area contributed by atoms with E-state index in [-0.39, 0.29) is 18.2 Å². The lowest BCUT2D eigenvalue weighted by Gasteiger charge is -2.20. The van der Waals surface area contributed by atoms with Crippen molar-refractivity contribution in [2.45, 2.75) is 39.2 Å². The molecule has 0 N–H and O–H groups in total. The number of benzene rings is 2. The van der Waals surface area contributed by atoms with E-state index in [9.17, 15) is 4.79 Å². The van der Waals surface area contributed by atoms with E-state index in [1.54, 1.807) is 0 Å². The fourth-order valence-electron chi connectivity index (χ4n) is 3.69. The second kappa shape index (κ2) is 11.0. The average molecular weight is 399 g/mol. The van der Waals surface area contributed by atoms with Gasteiger partial charge in [-0.1, -0.05) is 61.9 Å². The molecule has 0 saturated carbocycles. The van der Waals surface area contributed by atoms with Gasteiger partial charge < -0.3 is 4.57 Å². The third-order valence-electron chi connectivity index (χ3n) is 5.27. The molecule has 0 bridgehead atoms. The first-order valence-electron chi connectivity index (χ1n) is 10.0. The molecule has 0 aliphatic rings. The number of fused-ring (bicyclic) bond motifs is 1. The molecule has 0 saturated heterocycles. The van der Waals surface area contributed by atoms with E-state index in [0.29, 0.717) is 6.42 Å². The molecule has 3 aromatic rings. The SMILES string of the molecule is CCN(CCCCCC(=O)c1cn(C)c2ccccc12)Cc1ccccc1.Cl. The molecule has 0 radical (unpaired) electrons. The minimum Gasteiger partial charge on any atom is -0.350 e. The first-order valence-corrected chi connectivity index (χ1v) is 10.0. The first kappa shape index (κ1) is 22.2. The summed E-state index contributed by atoms with van der Waals surface area (Å²) in [6, 6.07) is 18.8. The number of nitrogens with zero attached hydrogens (tertiary/aromatic N) is 2. The summed E-state index contributed by atoms with van der Waals surface area (Å²) < 4.78 is 2.05. The summed E-state index contributed by atoms with van der Waals surface area (Å²) in [5.41, 5.74) is 3.36. The second-order valence-electron chi connectivity index (χ2n) is 7.26. The zero-order valence-corrected chi connectivity index (χ0v) is 17.8. The summed E-state index contributed by atoms with van der Waals surface area (Å²) >= 11 is 0. The topological polar surface area (TPSA) is 25.2 Å². The van der Waals surface area contributed by atoms with Crippen LogP contribution in [0.2, 0.25) is 0 Å². The molecule has 1 heterocycles. The molecule has 0 amide bonds. The van der Waals surface area contributed by atoms with Crippen LogP contribution in [0.15, 0.2) is 60.8 Å². The van der Waals surface area contributed by atoms with Crippen molar-refractivity contribution in [3.05, 3.63) is 71.9 Å². The van der Waals surface area contributed by atoms with Gasteiger partial charge >= 0.3 is 0 Å². The molecule has 0 unspecified atom stereocenters. The van der Waals surface area contributed by atoms with Gasteiger partial charge in [-0.2, -0.15) is 0 Å². The quantitative estimate of drug-likeness (QED) is 0.315. The van der Waals surface area contributed by atoms with Crippen molar-refractivity contribution in [1.29, 1.82) is 0 Å². The molecule has 4 heteroatoms. The number of aryl methyl sites for hydroxylation is 1. The number of hydrogen-bond acceptors (Lipinski definition) is 2. The van der Waals surface area contributed by atoms with Crippen LogP contribution < -0.4 is 0 Å². The van der Waals surface area contributed by atoms with Gasteiger partial charge in [-0.25, -0.2) is 0 Å². The van der Waals surface area contributed by atoms with E-state index in [4.69, 9.17) is 0 Å². The number of carbonyl (C=O) groups is 1. The number of para-hydroxylation sites is 1. The normalized spacial score (nSPS) is 11.0. The maximum absolute atomic E-state index is 12.6. The van der Waals surface area contributed by atoms with Crippen molar-refractivity contribution < 1.29 is 4.79 Å². The zero-order chi connectivity index (χ0) is 19.1. The van der Waals surface area contributed by atoms with E-state index >= 15 is 0 Å². The zero-order valence-electron chi connectivity index (χ0n) is 16.9. The van der Waals surface area contributed by atoms with E-state index in [2.05, 4.69) is 48.2 Å². The predicted octanol–water partition coefficient (Wildman–Crippen LogP) is 5.87. The number of carbonyl (C=O) groups excluding carboxylic acids is 1. The van der Waals surface area contributed by atoms with Gasteiger partial charge in [-0.3, -0.25) is 9.69 Å². The highest BCUT2D eigenvalue weighted by atomic mass is 35.5. The van der Waals surface area contributed by atoms with Crippen LogP contribution in [0.3, 0.4) is 0 Å². The Morgan fingerprint density at radius 1 is 0.964 bits per heavy atom. The van der Waals surface area contributed by atoms with Gasteiger partial charge in [0.25, 0.3) is 0 Å². The summed E-state index contributed by atoms with van der Waals surface area (Å²) in [4.78, 5) is 15.1. The second-order valence-corrected chi connectivity index (χ2v) is 7.26. The number of halogens is 1. The number of unbranched alkanes of at least 4 members (excludes halogenated alkanes) is 2. The van der Waals surface area contributed by atoms with Crippen LogP contribution in [-0.2, 0) is 13.6 Å². The lowest BCUT2D eigenvalue weighted by Crippen LogP contribution is -2.24. The van der Waals surface area contributed by atoms with E-state index in [0.717, 1.165) is 55.4 Å². The van der Waals surface area contributed by atoms with Gasteiger partial charge in [0.15, 0.2) is 5.78 Å². The van der Waals surface area contributed by atoms with Crippen LogP contribution in [0, 0.1) is 0 Å². The smallest absolute Gasteiger partial charge is 0.165 e. The molecule has 28 heavy (non-hydrogen) atoms. The molecule has 3 nitrogen and oxygen atoms in total. The average Bonchev–Trinajstić information content (AvgIpc) is 3.04. The number of ketones is 1. The molecule has 3 rings (SSSR count). The minimum atomic E-state index is 0. The van der Waals surface area contributed by atoms with Gasteiger partial charge in [0, 0.05) is 42.7 Å². The van der Waals surface area contributed by atoms with Crippen LogP contribution >= 0.6 is 12.4 Å². The molecular formula is C24H31ClN2O. The Morgan fingerprint density at radius 2 is 1.68 bits per heavy atom. The van der Waals surface area contributed by atoms with Crippen LogP contribution in [0.1, 0.15) is 48.5 Å². The minimum absolute atomic E-state index is 0. The largest absolute Gasteiger partial charge is 0.350 e. The third-order valence-corrected chi connectivity index (χ3v) is 5.27. The van der Waals surface area contributed by atoms with Gasteiger partial charge in [-0.05, 0) is 37.6 Å². The van der Waals surface area contributed by atoms with Gasteiger partial charge in [0.2, 0.25) is 0 Å². The molecule has 150 valence electrons. The summed E-state index contributed by atoms with van der Waals surface area (Å²) in [6.07, 6.45) is 5.82. The highest BCUT2D eigenvalue weighted by Crippen LogP contribution is 2.22.